The van der Waals surface area contributed by atoms with E-state index in [4.69, 9.17) is 4.74 Å². The van der Waals surface area contributed by atoms with Crippen molar-refractivity contribution in [2.24, 2.45) is 5.92 Å². The van der Waals surface area contributed by atoms with Crippen molar-refractivity contribution in [3.05, 3.63) is 0 Å². The van der Waals surface area contributed by atoms with Crippen molar-refractivity contribution >= 4 is 0 Å². The molecule has 0 aromatic heterocycles. The van der Waals surface area contributed by atoms with Crippen LogP contribution in [0.25, 0.3) is 0 Å². The molecule has 2 heteroatoms. The fourth-order valence-electron chi connectivity index (χ4n) is 1.91. The number of methoxy groups -OCH3 is 1. The Morgan fingerprint density at radius 1 is 1.23 bits per heavy atom. The summed E-state index contributed by atoms with van der Waals surface area (Å²) in [6, 6.07) is 0.744. The number of hydrogen-bond acceptors (Lipinski definition) is 2. The Hall–Kier alpha value is -0.0800. The lowest BCUT2D eigenvalue weighted by atomic mass is 9.93. The third kappa shape index (κ3) is 4.10. The Labute approximate surface area is 82.0 Å². The number of rotatable bonds is 4. The van der Waals surface area contributed by atoms with E-state index in [0.29, 0.717) is 6.10 Å². The molecule has 1 aliphatic rings. The zero-order valence-corrected chi connectivity index (χ0v) is 9.18. The molecule has 0 unspecified atom stereocenters. The highest BCUT2D eigenvalue weighted by Crippen LogP contribution is 2.20. The molecule has 0 radical (unpaired) electrons. The second-order valence-electron chi connectivity index (χ2n) is 4.51. The summed E-state index contributed by atoms with van der Waals surface area (Å²) in [5.41, 5.74) is 0. The highest BCUT2D eigenvalue weighted by molar-refractivity contribution is 4.77. The summed E-state index contributed by atoms with van der Waals surface area (Å²) in [6.45, 7) is 5.67. The topological polar surface area (TPSA) is 21.3 Å². The second-order valence-corrected chi connectivity index (χ2v) is 4.51. The summed E-state index contributed by atoms with van der Waals surface area (Å²) in [5, 5.41) is 3.61. The Bertz CT molecular complexity index is 128. The minimum Gasteiger partial charge on any atom is -0.381 e. The van der Waals surface area contributed by atoms with E-state index in [-0.39, 0.29) is 0 Å². The Morgan fingerprint density at radius 2 is 1.85 bits per heavy atom. The summed E-state index contributed by atoms with van der Waals surface area (Å²) in [6.07, 6.45) is 5.55. The van der Waals surface area contributed by atoms with Gasteiger partial charge in [0.1, 0.15) is 0 Å². The average molecular weight is 185 g/mol. The average Bonchev–Trinajstić information content (AvgIpc) is 2.15. The van der Waals surface area contributed by atoms with E-state index in [9.17, 15) is 0 Å². The molecule has 78 valence electrons. The van der Waals surface area contributed by atoms with Crippen molar-refractivity contribution in [1.82, 2.24) is 5.32 Å². The molecule has 2 nitrogen and oxygen atoms in total. The molecule has 0 heterocycles. The molecule has 1 fully saturated rings. The van der Waals surface area contributed by atoms with Crippen LogP contribution in [-0.4, -0.2) is 25.8 Å². The van der Waals surface area contributed by atoms with Gasteiger partial charge in [-0.1, -0.05) is 13.8 Å². The Balaban J connectivity index is 2.10. The third-order valence-electron chi connectivity index (χ3n) is 2.82. The van der Waals surface area contributed by atoms with Gasteiger partial charge in [0.25, 0.3) is 0 Å². The molecule has 1 aliphatic carbocycles. The van der Waals surface area contributed by atoms with Crippen LogP contribution in [0, 0.1) is 5.92 Å². The Kier molecular flexibility index (Phi) is 4.74. The van der Waals surface area contributed by atoms with Gasteiger partial charge in [0.05, 0.1) is 6.10 Å². The lowest BCUT2D eigenvalue weighted by Gasteiger charge is -2.28. The van der Waals surface area contributed by atoms with Crippen LogP contribution in [0.5, 0.6) is 0 Å². The van der Waals surface area contributed by atoms with Gasteiger partial charge < -0.3 is 10.1 Å². The molecular weight excluding hydrogens is 162 g/mol. The lowest BCUT2D eigenvalue weighted by molar-refractivity contribution is 0.0623. The molecule has 0 aromatic carbocycles. The smallest absolute Gasteiger partial charge is 0.0572 e. The molecule has 0 bridgehead atoms. The zero-order chi connectivity index (χ0) is 9.68. The molecule has 0 amide bonds. The lowest BCUT2D eigenvalue weighted by Crippen LogP contribution is -2.36. The first-order valence-electron chi connectivity index (χ1n) is 5.48. The molecule has 0 atom stereocenters. The highest BCUT2D eigenvalue weighted by atomic mass is 16.5. The van der Waals surface area contributed by atoms with Crippen molar-refractivity contribution in [2.45, 2.75) is 51.7 Å². The van der Waals surface area contributed by atoms with Crippen LogP contribution >= 0.6 is 0 Å². The SMILES string of the molecule is COC1CCC(NCC(C)C)CC1. The fourth-order valence-corrected chi connectivity index (χ4v) is 1.91. The van der Waals surface area contributed by atoms with Crippen molar-refractivity contribution in [2.75, 3.05) is 13.7 Å². The van der Waals surface area contributed by atoms with Gasteiger partial charge in [0.15, 0.2) is 0 Å². The first-order chi connectivity index (χ1) is 6.22. The predicted octanol–water partition coefficient (Wildman–Crippen LogP) is 2.19. The van der Waals surface area contributed by atoms with Gasteiger partial charge in [0, 0.05) is 13.2 Å². The number of hydrogen-bond donors (Lipinski definition) is 1. The predicted molar refractivity (Wildman–Crippen MR) is 55.9 cm³/mol. The molecule has 0 aliphatic heterocycles. The van der Waals surface area contributed by atoms with Crippen molar-refractivity contribution in [3.8, 4) is 0 Å². The van der Waals surface area contributed by atoms with Gasteiger partial charge in [-0.05, 0) is 38.1 Å². The van der Waals surface area contributed by atoms with Crippen molar-refractivity contribution < 1.29 is 4.74 Å². The third-order valence-corrected chi connectivity index (χ3v) is 2.82. The summed E-state index contributed by atoms with van der Waals surface area (Å²) in [4.78, 5) is 0. The molecule has 0 saturated heterocycles. The monoisotopic (exact) mass is 185 g/mol. The van der Waals surface area contributed by atoms with E-state index in [2.05, 4.69) is 19.2 Å². The van der Waals surface area contributed by atoms with E-state index in [1.807, 2.05) is 7.11 Å². The van der Waals surface area contributed by atoms with E-state index < -0.39 is 0 Å². The van der Waals surface area contributed by atoms with Gasteiger partial charge in [-0.3, -0.25) is 0 Å². The van der Waals surface area contributed by atoms with Gasteiger partial charge in [-0.2, -0.15) is 0 Å². The summed E-state index contributed by atoms with van der Waals surface area (Å²) < 4.78 is 5.34. The van der Waals surface area contributed by atoms with Crippen LogP contribution < -0.4 is 5.32 Å². The van der Waals surface area contributed by atoms with Gasteiger partial charge in [-0.15, -0.1) is 0 Å². The minimum atomic E-state index is 0.525. The normalized spacial score (nSPS) is 29.5. The first kappa shape index (κ1) is 11.0. The van der Waals surface area contributed by atoms with Crippen LogP contribution in [0.3, 0.4) is 0 Å². The van der Waals surface area contributed by atoms with E-state index in [1.165, 1.54) is 25.7 Å². The maximum absolute atomic E-state index is 5.34. The maximum atomic E-state index is 5.34. The van der Waals surface area contributed by atoms with E-state index in [0.717, 1.165) is 18.5 Å². The Morgan fingerprint density at radius 3 is 2.31 bits per heavy atom. The second kappa shape index (κ2) is 5.61. The van der Waals surface area contributed by atoms with Crippen LogP contribution in [0.2, 0.25) is 0 Å². The fraction of sp³-hybridized carbons (Fsp3) is 1.00. The van der Waals surface area contributed by atoms with Gasteiger partial charge in [0.2, 0.25) is 0 Å². The molecule has 0 spiro atoms. The largest absolute Gasteiger partial charge is 0.381 e. The van der Waals surface area contributed by atoms with Gasteiger partial charge in [-0.25, -0.2) is 0 Å². The molecule has 1 saturated carbocycles. The van der Waals surface area contributed by atoms with Crippen molar-refractivity contribution in [3.63, 3.8) is 0 Å². The minimum absolute atomic E-state index is 0.525. The van der Waals surface area contributed by atoms with E-state index >= 15 is 0 Å². The first-order valence-corrected chi connectivity index (χ1v) is 5.48. The van der Waals surface area contributed by atoms with Crippen LogP contribution in [0.4, 0.5) is 0 Å². The quantitative estimate of drug-likeness (QED) is 0.725. The summed E-state index contributed by atoms with van der Waals surface area (Å²) in [7, 11) is 1.83. The highest BCUT2D eigenvalue weighted by Gasteiger charge is 2.19. The molecule has 13 heavy (non-hydrogen) atoms. The molecule has 1 rings (SSSR count). The van der Waals surface area contributed by atoms with Crippen LogP contribution in [-0.2, 0) is 4.74 Å². The van der Waals surface area contributed by atoms with Crippen LogP contribution in [0.15, 0.2) is 0 Å². The number of ether oxygens (including phenoxy) is 1. The standard InChI is InChI=1S/C11H23NO/c1-9(2)8-12-10-4-6-11(13-3)7-5-10/h9-12H,4-8H2,1-3H3. The zero-order valence-electron chi connectivity index (χ0n) is 9.18. The van der Waals surface area contributed by atoms with Gasteiger partial charge >= 0.3 is 0 Å². The summed E-state index contributed by atoms with van der Waals surface area (Å²) in [5.74, 6) is 0.764. The number of nitrogens with one attached hydrogen (secondary N) is 1. The van der Waals surface area contributed by atoms with Crippen LogP contribution in [0.1, 0.15) is 39.5 Å². The summed E-state index contributed by atoms with van der Waals surface area (Å²) >= 11 is 0. The molecule has 1 N–H and O–H groups in total. The molecule has 0 aromatic rings. The maximum Gasteiger partial charge on any atom is 0.0572 e. The van der Waals surface area contributed by atoms with Crippen molar-refractivity contribution in [1.29, 1.82) is 0 Å². The van der Waals surface area contributed by atoms with E-state index in [1.54, 1.807) is 0 Å². The molecular formula is C11H23NO.